The number of ether oxygens (including phenoxy) is 1. The molecule has 0 saturated heterocycles. The van der Waals surface area contributed by atoms with Crippen LogP contribution in [0.4, 0.5) is 10.1 Å². The molecule has 0 aliphatic carbocycles. The monoisotopic (exact) mass is 197 g/mol. The molecule has 0 aliphatic heterocycles. The minimum atomic E-state index is -0.282. The summed E-state index contributed by atoms with van der Waals surface area (Å²) in [6, 6.07) is 4.95. The van der Waals surface area contributed by atoms with E-state index in [4.69, 9.17) is 4.74 Å². The zero-order valence-electron chi connectivity index (χ0n) is 8.80. The first-order valence-electron chi connectivity index (χ1n) is 4.76. The largest absolute Gasteiger partial charge is 0.497 e. The van der Waals surface area contributed by atoms with Gasteiger partial charge in [-0.05, 0) is 19.4 Å². The van der Waals surface area contributed by atoms with Gasteiger partial charge in [0.25, 0.3) is 0 Å². The number of nitrogens with one attached hydrogen (secondary N) is 1. The lowest BCUT2D eigenvalue weighted by molar-refractivity contribution is 0.411. The van der Waals surface area contributed by atoms with E-state index in [9.17, 15) is 4.39 Å². The predicted octanol–water partition coefficient (Wildman–Crippen LogP) is 3.04. The van der Waals surface area contributed by atoms with Crippen LogP contribution in [0.2, 0.25) is 0 Å². The van der Waals surface area contributed by atoms with Gasteiger partial charge in [0, 0.05) is 23.9 Å². The van der Waals surface area contributed by atoms with Gasteiger partial charge in [-0.15, -0.1) is 0 Å². The number of anilines is 1. The molecule has 0 amide bonds. The molecule has 0 fully saturated rings. The Bertz CT molecular complexity index is 301. The Morgan fingerprint density at radius 1 is 1.43 bits per heavy atom. The van der Waals surface area contributed by atoms with E-state index in [2.05, 4.69) is 19.2 Å². The molecule has 1 atom stereocenters. The molecule has 0 heterocycles. The fourth-order valence-electron chi connectivity index (χ4n) is 1.15. The van der Waals surface area contributed by atoms with E-state index in [0.717, 1.165) is 12.1 Å². The van der Waals surface area contributed by atoms with Crippen molar-refractivity contribution in [3.8, 4) is 5.75 Å². The van der Waals surface area contributed by atoms with Gasteiger partial charge < -0.3 is 10.1 Å². The molecule has 0 saturated carbocycles. The molecule has 78 valence electrons. The predicted molar refractivity (Wildman–Crippen MR) is 56.3 cm³/mol. The van der Waals surface area contributed by atoms with Gasteiger partial charge in [0.1, 0.15) is 11.6 Å². The lowest BCUT2D eigenvalue weighted by Gasteiger charge is -2.13. The summed E-state index contributed by atoms with van der Waals surface area (Å²) < 4.78 is 18.0. The molecule has 14 heavy (non-hydrogen) atoms. The molecule has 1 aromatic carbocycles. The second-order valence-corrected chi connectivity index (χ2v) is 3.33. The van der Waals surface area contributed by atoms with Gasteiger partial charge >= 0.3 is 0 Å². The Kier molecular flexibility index (Phi) is 3.74. The van der Waals surface area contributed by atoms with Gasteiger partial charge in [-0.3, -0.25) is 0 Å². The van der Waals surface area contributed by atoms with Gasteiger partial charge in [0.15, 0.2) is 0 Å². The molecule has 0 radical (unpaired) electrons. The third-order valence-corrected chi connectivity index (χ3v) is 2.13. The van der Waals surface area contributed by atoms with Crippen molar-refractivity contribution in [2.45, 2.75) is 26.3 Å². The summed E-state index contributed by atoms with van der Waals surface area (Å²) in [5, 5.41) is 3.19. The third kappa shape index (κ3) is 2.91. The Balaban J connectivity index is 2.81. The summed E-state index contributed by atoms with van der Waals surface area (Å²) in [6.45, 7) is 4.13. The zero-order chi connectivity index (χ0) is 10.6. The van der Waals surface area contributed by atoms with Crippen molar-refractivity contribution in [2.24, 2.45) is 0 Å². The van der Waals surface area contributed by atoms with Gasteiger partial charge in [-0.1, -0.05) is 6.92 Å². The van der Waals surface area contributed by atoms with Crippen LogP contribution in [0, 0.1) is 5.82 Å². The van der Waals surface area contributed by atoms with Crippen LogP contribution in [-0.2, 0) is 0 Å². The van der Waals surface area contributed by atoms with Crippen LogP contribution >= 0.6 is 0 Å². The molecule has 0 aliphatic rings. The molecule has 1 unspecified atom stereocenters. The lowest BCUT2D eigenvalue weighted by Crippen LogP contribution is -2.13. The second-order valence-electron chi connectivity index (χ2n) is 3.33. The Hall–Kier alpha value is -1.25. The summed E-state index contributed by atoms with van der Waals surface area (Å²) >= 11 is 0. The number of rotatable bonds is 4. The number of halogens is 1. The van der Waals surface area contributed by atoms with Crippen molar-refractivity contribution >= 4 is 5.69 Å². The van der Waals surface area contributed by atoms with Crippen molar-refractivity contribution in [3.63, 3.8) is 0 Å². The van der Waals surface area contributed by atoms with E-state index < -0.39 is 0 Å². The summed E-state index contributed by atoms with van der Waals surface area (Å²) in [5.74, 6) is 0.256. The zero-order valence-corrected chi connectivity index (χ0v) is 8.80. The normalized spacial score (nSPS) is 12.3. The van der Waals surface area contributed by atoms with Crippen molar-refractivity contribution in [2.75, 3.05) is 12.4 Å². The molecular formula is C11H16FNO. The molecule has 2 nitrogen and oxygen atoms in total. The highest BCUT2D eigenvalue weighted by Gasteiger charge is 2.03. The molecule has 0 bridgehead atoms. The van der Waals surface area contributed by atoms with Crippen LogP contribution in [0.15, 0.2) is 18.2 Å². The summed E-state index contributed by atoms with van der Waals surface area (Å²) in [6.07, 6.45) is 0.999. The van der Waals surface area contributed by atoms with Crippen molar-refractivity contribution in [1.29, 1.82) is 0 Å². The molecule has 0 aromatic heterocycles. The van der Waals surface area contributed by atoms with Crippen LogP contribution in [0.5, 0.6) is 5.75 Å². The van der Waals surface area contributed by atoms with Crippen LogP contribution in [-0.4, -0.2) is 13.2 Å². The average Bonchev–Trinajstić information content (AvgIpc) is 2.16. The minimum absolute atomic E-state index is 0.282. The number of methoxy groups -OCH3 is 1. The summed E-state index contributed by atoms with van der Waals surface area (Å²) in [5.41, 5.74) is 0.760. The van der Waals surface area contributed by atoms with Crippen molar-refractivity contribution in [3.05, 3.63) is 24.0 Å². The average molecular weight is 197 g/mol. The lowest BCUT2D eigenvalue weighted by atomic mass is 10.2. The summed E-state index contributed by atoms with van der Waals surface area (Å²) in [7, 11) is 1.53. The quantitative estimate of drug-likeness (QED) is 0.801. The Morgan fingerprint density at radius 3 is 2.71 bits per heavy atom. The maximum absolute atomic E-state index is 13.0. The first-order chi connectivity index (χ1) is 6.65. The standard InChI is InChI=1S/C11H16FNO/c1-4-8(2)13-10-5-9(12)6-11(7-10)14-3/h5-8,13H,4H2,1-3H3. The van der Waals surface area contributed by atoms with Crippen molar-refractivity contribution in [1.82, 2.24) is 0 Å². The second kappa shape index (κ2) is 4.84. The maximum Gasteiger partial charge on any atom is 0.128 e. The van der Waals surface area contributed by atoms with E-state index in [0.29, 0.717) is 11.8 Å². The Labute approximate surface area is 84.1 Å². The first-order valence-corrected chi connectivity index (χ1v) is 4.76. The first kappa shape index (κ1) is 10.8. The highest BCUT2D eigenvalue weighted by molar-refractivity contribution is 5.49. The van der Waals surface area contributed by atoms with Crippen LogP contribution < -0.4 is 10.1 Å². The van der Waals surface area contributed by atoms with Crippen molar-refractivity contribution < 1.29 is 9.13 Å². The van der Waals surface area contributed by atoms with E-state index >= 15 is 0 Å². The smallest absolute Gasteiger partial charge is 0.128 e. The SMILES string of the molecule is CCC(C)Nc1cc(F)cc(OC)c1. The number of hydrogen-bond donors (Lipinski definition) is 1. The molecule has 0 spiro atoms. The van der Waals surface area contributed by atoms with Gasteiger partial charge in [0.05, 0.1) is 7.11 Å². The fraction of sp³-hybridized carbons (Fsp3) is 0.455. The van der Waals surface area contributed by atoms with E-state index in [1.807, 2.05) is 0 Å². The van der Waals surface area contributed by atoms with E-state index in [1.165, 1.54) is 19.2 Å². The van der Waals surface area contributed by atoms with Gasteiger partial charge in [-0.2, -0.15) is 0 Å². The molecule has 1 rings (SSSR count). The van der Waals surface area contributed by atoms with E-state index in [-0.39, 0.29) is 5.82 Å². The summed E-state index contributed by atoms with van der Waals surface area (Å²) in [4.78, 5) is 0. The highest BCUT2D eigenvalue weighted by atomic mass is 19.1. The van der Waals surface area contributed by atoms with E-state index in [1.54, 1.807) is 6.07 Å². The topological polar surface area (TPSA) is 21.3 Å². The van der Waals surface area contributed by atoms with Crippen LogP contribution in [0.3, 0.4) is 0 Å². The third-order valence-electron chi connectivity index (χ3n) is 2.13. The maximum atomic E-state index is 13.0. The Morgan fingerprint density at radius 2 is 2.14 bits per heavy atom. The fourth-order valence-corrected chi connectivity index (χ4v) is 1.15. The highest BCUT2D eigenvalue weighted by Crippen LogP contribution is 2.20. The molecular weight excluding hydrogens is 181 g/mol. The van der Waals surface area contributed by atoms with Gasteiger partial charge in [-0.25, -0.2) is 4.39 Å². The molecule has 3 heteroatoms. The van der Waals surface area contributed by atoms with Gasteiger partial charge in [0.2, 0.25) is 0 Å². The number of benzene rings is 1. The van der Waals surface area contributed by atoms with Crippen LogP contribution in [0.1, 0.15) is 20.3 Å². The number of hydrogen-bond acceptors (Lipinski definition) is 2. The van der Waals surface area contributed by atoms with Crippen LogP contribution in [0.25, 0.3) is 0 Å². The minimum Gasteiger partial charge on any atom is -0.497 e. The molecule has 1 N–H and O–H groups in total. The molecule has 1 aromatic rings.